The molecular formula is C27H43IO3Si. The van der Waals surface area contributed by atoms with Gasteiger partial charge in [0.1, 0.15) is 0 Å². The second-order valence-corrected chi connectivity index (χ2v) is 17.2. The third-order valence-electron chi connectivity index (χ3n) is 7.77. The molecule has 0 bridgehead atoms. The third kappa shape index (κ3) is 5.88. The Kier molecular flexibility index (Phi) is 9.47. The number of rotatable bonds is 10. The van der Waals surface area contributed by atoms with Crippen molar-refractivity contribution < 1.29 is 13.9 Å². The highest BCUT2D eigenvalue weighted by molar-refractivity contribution is 14.1. The van der Waals surface area contributed by atoms with Crippen LogP contribution in [0.2, 0.25) is 16.6 Å². The fraction of sp³-hybridized carbons (Fsp3) is 0.704. The highest BCUT2D eigenvalue weighted by atomic mass is 127. The number of hydrogen-bond acceptors (Lipinski definition) is 3. The predicted molar refractivity (Wildman–Crippen MR) is 145 cm³/mol. The van der Waals surface area contributed by atoms with Crippen LogP contribution in [-0.4, -0.2) is 33.9 Å². The first-order chi connectivity index (χ1) is 15.2. The van der Waals surface area contributed by atoms with Crippen molar-refractivity contribution in [1.82, 2.24) is 0 Å². The van der Waals surface area contributed by atoms with Crippen LogP contribution >= 0.6 is 22.6 Å². The molecule has 1 heterocycles. The largest absolute Gasteiger partial charge is 0.415 e. The van der Waals surface area contributed by atoms with Crippen molar-refractivity contribution in [2.24, 2.45) is 5.92 Å². The van der Waals surface area contributed by atoms with Crippen LogP contribution in [0.25, 0.3) is 0 Å². The van der Waals surface area contributed by atoms with E-state index >= 15 is 0 Å². The Balaban J connectivity index is 1.78. The van der Waals surface area contributed by atoms with Crippen molar-refractivity contribution in [2.75, 3.05) is 19.8 Å². The molecule has 1 fully saturated rings. The summed E-state index contributed by atoms with van der Waals surface area (Å²) < 4.78 is 20.4. The molecule has 0 amide bonds. The van der Waals surface area contributed by atoms with Crippen molar-refractivity contribution in [3.05, 3.63) is 45.0 Å². The van der Waals surface area contributed by atoms with Gasteiger partial charge in [-0.15, -0.1) is 0 Å². The molecule has 1 aromatic rings. The number of halogens is 1. The molecule has 3 nitrogen and oxygen atoms in total. The molecule has 1 spiro atoms. The zero-order chi connectivity index (χ0) is 23.4. The van der Waals surface area contributed by atoms with Crippen LogP contribution in [0.4, 0.5) is 0 Å². The summed E-state index contributed by atoms with van der Waals surface area (Å²) >= 11 is 2.47. The molecule has 0 saturated carbocycles. The topological polar surface area (TPSA) is 27.7 Å². The summed E-state index contributed by atoms with van der Waals surface area (Å²) in [5, 5.41) is 0. The van der Waals surface area contributed by atoms with Crippen LogP contribution in [0.15, 0.2) is 35.9 Å². The zero-order valence-corrected chi connectivity index (χ0v) is 24.1. The molecule has 0 N–H and O–H groups in total. The maximum Gasteiger partial charge on any atom is 0.200 e. The smallest absolute Gasteiger partial charge is 0.200 e. The van der Waals surface area contributed by atoms with Gasteiger partial charge in [-0.3, -0.25) is 0 Å². The monoisotopic (exact) mass is 570 g/mol. The minimum Gasteiger partial charge on any atom is -0.415 e. The molecule has 5 heteroatoms. The summed E-state index contributed by atoms with van der Waals surface area (Å²) in [7, 11) is -1.88. The summed E-state index contributed by atoms with van der Waals surface area (Å²) in [6.07, 6.45) is 7.56. The first-order valence-corrected chi connectivity index (χ1v) is 15.8. The third-order valence-corrected chi connectivity index (χ3v) is 14.9. The van der Waals surface area contributed by atoms with E-state index in [1.165, 1.54) is 9.13 Å². The fourth-order valence-corrected chi connectivity index (χ4v) is 12.3. The Morgan fingerprint density at radius 1 is 1.00 bits per heavy atom. The van der Waals surface area contributed by atoms with Crippen LogP contribution in [-0.2, 0) is 20.3 Å². The van der Waals surface area contributed by atoms with Crippen LogP contribution in [0, 0.1) is 9.49 Å². The molecule has 180 valence electrons. The molecule has 2 aliphatic rings. The average molecular weight is 571 g/mol. The first-order valence-electron chi connectivity index (χ1n) is 12.5. The van der Waals surface area contributed by atoms with E-state index < -0.39 is 8.32 Å². The quantitative estimate of drug-likeness (QED) is 0.163. The number of benzene rings is 1. The van der Waals surface area contributed by atoms with Crippen molar-refractivity contribution in [2.45, 2.75) is 96.1 Å². The SMILES string of the molecule is CC(C)[Si](OCC(CCc1ccccc1I)C1=CCC2(CC1)OCCO2)(C(C)C)C(C)C. The highest BCUT2D eigenvalue weighted by Gasteiger charge is 2.46. The lowest BCUT2D eigenvalue weighted by atomic mass is 9.84. The molecule has 1 aliphatic heterocycles. The predicted octanol–water partition coefficient (Wildman–Crippen LogP) is 7.89. The maximum atomic E-state index is 7.10. The Hall–Kier alpha value is -0.213. The lowest BCUT2D eigenvalue weighted by Crippen LogP contribution is -2.48. The van der Waals surface area contributed by atoms with Crippen LogP contribution in [0.5, 0.6) is 0 Å². The molecular weight excluding hydrogens is 527 g/mol. The minimum atomic E-state index is -1.88. The lowest BCUT2D eigenvalue weighted by Gasteiger charge is -2.43. The van der Waals surface area contributed by atoms with Gasteiger partial charge < -0.3 is 13.9 Å². The molecule has 0 aromatic heterocycles. The number of ether oxygens (including phenoxy) is 2. The molecule has 3 rings (SSSR count). The fourth-order valence-electron chi connectivity index (χ4n) is 6.11. The van der Waals surface area contributed by atoms with Gasteiger partial charge in [-0.05, 0) is 70.1 Å². The zero-order valence-electron chi connectivity index (χ0n) is 21.0. The first kappa shape index (κ1) is 26.4. The highest BCUT2D eigenvalue weighted by Crippen LogP contribution is 2.44. The van der Waals surface area contributed by atoms with Crippen molar-refractivity contribution in [1.29, 1.82) is 0 Å². The van der Waals surface area contributed by atoms with Crippen molar-refractivity contribution >= 4 is 30.9 Å². The summed E-state index contributed by atoms with van der Waals surface area (Å²) in [6.45, 7) is 16.6. The van der Waals surface area contributed by atoms with E-state index in [0.29, 0.717) is 22.5 Å². The molecule has 1 atom stereocenters. The second kappa shape index (κ2) is 11.5. The Morgan fingerprint density at radius 3 is 2.16 bits per heavy atom. The molecule has 32 heavy (non-hydrogen) atoms. The van der Waals surface area contributed by atoms with E-state index in [1.807, 2.05) is 0 Å². The van der Waals surface area contributed by atoms with E-state index in [4.69, 9.17) is 13.9 Å². The summed E-state index contributed by atoms with van der Waals surface area (Å²) in [5.74, 6) is 0.114. The van der Waals surface area contributed by atoms with Gasteiger partial charge in [-0.25, -0.2) is 0 Å². The van der Waals surface area contributed by atoms with Gasteiger partial charge in [0.05, 0.1) is 13.2 Å². The van der Waals surface area contributed by atoms with Crippen LogP contribution < -0.4 is 0 Å². The van der Waals surface area contributed by atoms with Gasteiger partial charge in [0.15, 0.2) is 14.1 Å². The van der Waals surface area contributed by atoms with Gasteiger partial charge in [-0.1, -0.05) is 71.4 Å². The van der Waals surface area contributed by atoms with E-state index in [-0.39, 0.29) is 5.79 Å². The standard InChI is InChI=1S/C27H43IO3Si/c1-20(2)32(21(3)4,22(5)6)31-19-25(12-11-24-9-7-8-10-26(24)28)23-13-15-27(16-14-23)29-17-18-30-27/h7-10,13,20-22,25H,11-12,14-19H2,1-6H3. The van der Waals surface area contributed by atoms with Crippen molar-refractivity contribution in [3.8, 4) is 0 Å². The molecule has 1 unspecified atom stereocenters. The minimum absolute atomic E-state index is 0.351. The summed E-state index contributed by atoms with van der Waals surface area (Å²) in [4.78, 5) is 0. The molecule has 0 radical (unpaired) electrons. The molecule has 1 aromatic carbocycles. The molecule has 1 aliphatic carbocycles. The van der Waals surface area contributed by atoms with E-state index in [2.05, 4.69) is 94.5 Å². The number of hydrogen-bond donors (Lipinski definition) is 0. The van der Waals surface area contributed by atoms with Crippen LogP contribution in [0.3, 0.4) is 0 Å². The lowest BCUT2D eigenvalue weighted by molar-refractivity contribution is -0.161. The van der Waals surface area contributed by atoms with E-state index in [1.54, 1.807) is 5.57 Å². The Bertz CT molecular complexity index is 746. The number of aryl methyl sites for hydroxylation is 1. The Morgan fingerprint density at radius 2 is 1.62 bits per heavy atom. The van der Waals surface area contributed by atoms with Crippen LogP contribution in [0.1, 0.15) is 72.8 Å². The summed E-state index contributed by atoms with van der Waals surface area (Å²) in [5.41, 5.74) is 4.85. The van der Waals surface area contributed by atoms with Gasteiger partial charge in [-0.2, -0.15) is 0 Å². The van der Waals surface area contributed by atoms with Gasteiger partial charge in [0.25, 0.3) is 0 Å². The molecule has 1 saturated heterocycles. The summed E-state index contributed by atoms with van der Waals surface area (Å²) in [6, 6.07) is 8.79. The van der Waals surface area contributed by atoms with Gasteiger partial charge in [0.2, 0.25) is 0 Å². The van der Waals surface area contributed by atoms with Crippen molar-refractivity contribution in [3.63, 3.8) is 0 Å². The van der Waals surface area contributed by atoms with E-state index in [9.17, 15) is 0 Å². The normalized spacial score (nSPS) is 19.9. The van der Waals surface area contributed by atoms with Gasteiger partial charge >= 0.3 is 0 Å². The maximum absolute atomic E-state index is 7.10. The van der Waals surface area contributed by atoms with E-state index in [0.717, 1.165) is 51.9 Å². The van der Waals surface area contributed by atoms with Gasteiger partial charge in [0, 0.05) is 28.9 Å². The Labute approximate surface area is 211 Å². The average Bonchev–Trinajstić information content (AvgIpc) is 3.19. The second-order valence-electron chi connectivity index (χ2n) is 10.5.